The first-order valence-electron chi connectivity index (χ1n) is 4.80. The monoisotopic (exact) mass is 228 g/mol. The standard InChI is InChI=1S/C10H8N6O/c11-6-5-10(17)14-8-1-3-9(4-2-8)16-13-7-12-15-16/h1-4,7H,5H2,(H,14,17). The van der Waals surface area contributed by atoms with Crippen LogP contribution in [0.3, 0.4) is 0 Å². The zero-order chi connectivity index (χ0) is 12.1. The first kappa shape index (κ1) is 10.8. The van der Waals surface area contributed by atoms with Crippen LogP contribution >= 0.6 is 0 Å². The second-order valence-corrected chi connectivity index (χ2v) is 3.16. The van der Waals surface area contributed by atoms with Crippen molar-refractivity contribution in [1.82, 2.24) is 20.2 Å². The van der Waals surface area contributed by atoms with Gasteiger partial charge in [0.05, 0.1) is 11.8 Å². The lowest BCUT2D eigenvalue weighted by Gasteiger charge is -2.03. The van der Waals surface area contributed by atoms with E-state index in [1.165, 1.54) is 11.1 Å². The quantitative estimate of drug-likeness (QED) is 0.825. The minimum absolute atomic E-state index is 0.160. The molecule has 0 saturated heterocycles. The van der Waals surface area contributed by atoms with Gasteiger partial charge >= 0.3 is 0 Å². The summed E-state index contributed by atoms with van der Waals surface area (Å²) >= 11 is 0. The van der Waals surface area contributed by atoms with Gasteiger partial charge in [-0.2, -0.15) is 5.26 Å². The highest BCUT2D eigenvalue weighted by atomic mass is 16.1. The van der Waals surface area contributed by atoms with Gasteiger partial charge in [-0.1, -0.05) is 0 Å². The van der Waals surface area contributed by atoms with Crippen LogP contribution in [0.25, 0.3) is 5.69 Å². The Kier molecular flexibility index (Phi) is 3.07. The van der Waals surface area contributed by atoms with Gasteiger partial charge in [0.25, 0.3) is 0 Å². The summed E-state index contributed by atoms with van der Waals surface area (Å²) in [6, 6.07) is 8.66. The maximum absolute atomic E-state index is 11.2. The van der Waals surface area contributed by atoms with Gasteiger partial charge in [0.15, 0.2) is 6.33 Å². The van der Waals surface area contributed by atoms with E-state index in [-0.39, 0.29) is 12.3 Å². The Labute approximate surface area is 96.7 Å². The van der Waals surface area contributed by atoms with Gasteiger partial charge in [-0.05, 0) is 29.5 Å². The Morgan fingerprint density at radius 3 is 2.76 bits per heavy atom. The number of nitrogens with one attached hydrogen (secondary N) is 1. The molecule has 2 aromatic rings. The van der Waals surface area contributed by atoms with Crippen LogP contribution in [0.1, 0.15) is 6.42 Å². The van der Waals surface area contributed by atoms with Crippen LogP contribution < -0.4 is 5.32 Å². The van der Waals surface area contributed by atoms with Gasteiger partial charge < -0.3 is 5.32 Å². The van der Waals surface area contributed by atoms with E-state index >= 15 is 0 Å². The summed E-state index contributed by atoms with van der Waals surface area (Å²) in [7, 11) is 0. The first-order valence-corrected chi connectivity index (χ1v) is 4.80. The lowest BCUT2D eigenvalue weighted by atomic mass is 10.3. The van der Waals surface area contributed by atoms with Crippen molar-refractivity contribution in [3.8, 4) is 11.8 Å². The summed E-state index contributed by atoms with van der Waals surface area (Å²) < 4.78 is 0. The number of nitrogens with zero attached hydrogens (tertiary/aromatic N) is 5. The molecule has 1 aromatic heterocycles. The minimum atomic E-state index is -0.334. The second kappa shape index (κ2) is 4.85. The maximum Gasteiger partial charge on any atom is 0.238 e. The molecule has 0 unspecified atom stereocenters. The van der Waals surface area contributed by atoms with Crippen LogP contribution in [0.2, 0.25) is 0 Å². The van der Waals surface area contributed by atoms with Crippen LogP contribution in [0.15, 0.2) is 30.6 Å². The maximum atomic E-state index is 11.2. The molecule has 0 spiro atoms. The predicted molar refractivity (Wildman–Crippen MR) is 58.0 cm³/mol. The summed E-state index contributed by atoms with van der Waals surface area (Å²) in [6.07, 6.45) is 1.18. The number of rotatable bonds is 3. The molecule has 0 saturated carbocycles. The highest BCUT2D eigenvalue weighted by molar-refractivity contribution is 5.92. The normalized spacial score (nSPS) is 9.59. The lowest BCUT2D eigenvalue weighted by Crippen LogP contribution is -2.10. The smallest absolute Gasteiger partial charge is 0.238 e. The average Bonchev–Trinajstić information content (AvgIpc) is 2.84. The van der Waals surface area contributed by atoms with Crippen LogP contribution in [0.4, 0.5) is 5.69 Å². The Morgan fingerprint density at radius 1 is 1.41 bits per heavy atom. The third kappa shape index (κ3) is 2.63. The van der Waals surface area contributed by atoms with Gasteiger partial charge in [-0.25, -0.2) is 0 Å². The minimum Gasteiger partial charge on any atom is -0.325 e. The molecule has 0 aliphatic heterocycles. The van der Waals surface area contributed by atoms with Crippen molar-refractivity contribution in [2.75, 3.05) is 5.32 Å². The molecular weight excluding hydrogens is 220 g/mol. The molecule has 0 aliphatic rings. The van der Waals surface area contributed by atoms with Crippen LogP contribution in [-0.4, -0.2) is 26.1 Å². The van der Waals surface area contributed by atoms with Crippen molar-refractivity contribution in [1.29, 1.82) is 5.26 Å². The molecule has 1 aromatic carbocycles. The van der Waals surface area contributed by atoms with Crippen LogP contribution in [-0.2, 0) is 4.79 Å². The number of benzene rings is 1. The predicted octanol–water partition coefficient (Wildman–Crippen LogP) is 0.514. The van der Waals surface area contributed by atoms with Gasteiger partial charge in [-0.3, -0.25) is 4.79 Å². The first-order chi connectivity index (χ1) is 8.29. The summed E-state index contributed by atoms with van der Waals surface area (Å²) in [4.78, 5) is 12.5. The molecular formula is C10H8N6O. The molecule has 0 aliphatic carbocycles. The molecule has 0 atom stereocenters. The fourth-order valence-electron chi connectivity index (χ4n) is 1.24. The number of hydrogen-bond donors (Lipinski definition) is 1. The molecule has 1 amide bonds. The average molecular weight is 228 g/mol. The second-order valence-electron chi connectivity index (χ2n) is 3.16. The van der Waals surface area contributed by atoms with Gasteiger partial charge in [0.2, 0.25) is 5.91 Å². The van der Waals surface area contributed by atoms with E-state index in [1.807, 2.05) is 0 Å². The third-order valence-corrected chi connectivity index (χ3v) is 1.97. The van der Waals surface area contributed by atoms with E-state index < -0.39 is 0 Å². The lowest BCUT2D eigenvalue weighted by molar-refractivity contribution is -0.115. The van der Waals surface area contributed by atoms with Crippen molar-refractivity contribution in [3.05, 3.63) is 30.6 Å². The number of amides is 1. The Morgan fingerprint density at radius 2 is 2.18 bits per heavy atom. The number of carbonyl (C=O) groups excluding carboxylic acids is 1. The summed E-state index contributed by atoms with van der Waals surface area (Å²) in [6.45, 7) is 0. The summed E-state index contributed by atoms with van der Waals surface area (Å²) in [5, 5.41) is 22.1. The fourth-order valence-corrected chi connectivity index (χ4v) is 1.24. The fraction of sp³-hybridized carbons (Fsp3) is 0.100. The summed E-state index contributed by atoms with van der Waals surface area (Å²) in [5.74, 6) is -0.334. The van der Waals surface area contributed by atoms with Crippen LogP contribution in [0.5, 0.6) is 0 Å². The Balaban J connectivity index is 2.09. The van der Waals surface area contributed by atoms with Crippen molar-refractivity contribution < 1.29 is 4.79 Å². The number of hydrogen-bond acceptors (Lipinski definition) is 5. The summed E-state index contributed by atoms with van der Waals surface area (Å²) in [5.41, 5.74) is 1.36. The molecule has 17 heavy (non-hydrogen) atoms. The molecule has 2 rings (SSSR count). The number of nitriles is 1. The molecule has 1 N–H and O–H groups in total. The number of aromatic nitrogens is 4. The molecule has 1 heterocycles. The number of anilines is 1. The van der Waals surface area contributed by atoms with Crippen molar-refractivity contribution >= 4 is 11.6 Å². The third-order valence-electron chi connectivity index (χ3n) is 1.97. The van der Waals surface area contributed by atoms with E-state index in [0.717, 1.165) is 5.69 Å². The van der Waals surface area contributed by atoms with E-state index in [2.05, 4.69) is 20.7 Å². The zero-order valence-corrected chi connectivity index (χ0v) is 8.74. The van der Waals surface area contributed by atoms with E-state index in [0.29, 0.717) is 5.69 Å². The highest BCUT2D eigenvalue weighted by Gasteiger charge is 2.02. The largest absolute Gasteiger partial charge is 0.325 e. The molecule has 7 heteroatoms. The van der Waals surface area contributed by atoms with Crippen molar-refractivity contribution in [3.63, 3.8) is 0 Å². The van der Waals surface area contributed by atoms with Gasteiger partial charge in [0, 0.05) is 5.69 Å². The van der Waals surface area contributed by atoms with Crippen LogP contribution in [0, 0.1) is 11.3 Å². The topological polar surface area (TPSA) is 96.5 Å². The zero-order valence-electron chi connectivity index (χ0n) is 8.74. The van der Waals surface area contributed by atoms with E-state index in [1.54, 1.807) is 30.3 Å². The SMILES string of the molecule is N#CCC(=O)Nc1ccc(-n2ncnn2)cc1. The number of carbonyl (C=O) groups is 1. The van der Waals surface area contributed by atoms with Crippen molar-refractivity contribution in [2.24, 2.45) is 0 Å². The number of tetrazole rings is 1. The van der Waals surface area contributed by atoms with Gasteiger partial charge in [-0.15, -0.1) is 15.0 Å². The van der Waals surface area contributed by atoms with E-state index in [9.17, 15) is 4.79 Å². The molecule has 0 radical (unpaired) electrons. The Bertz CT molecular complexity index is 539. The highest BCUT2D eigenvalue weighted by Crippen LogP contribution is 2.11. The van der Waals surface area contributed by atoms with Gasteiger partial charge in [0.1, 0.15) is 6.42 Å². The van der Waals surface area contributed by atoms with Crippen molar-refractivity contribution in [2.45, 2.75) is 6.42 Å². The molecule has 0 fully saturated rings. The molecule has 7 nitrogen and oxygen atoms in total. The Hall–Kier alpha value is -2.75. The molecule has 84 valence electrons. The van der Waals surface area contributed by atoms with E-state index in [4.69, 9.17) is 5.26 Å². The molecule has 0 bridgehead atoms.